The fraction of sp³-hybridized carbons (Fsp3) is 0.391. The monoisotopic (exact) mass is 335 g/mol. The minimum Gasteiger partial charge on any atom is -0.389 e. The molecule has 0 aromatic heterocycles. The lowest BCUT2D eigenvalue weighted by atomic mass is 9.67. The van der Waals surface area contributed by atoms with E-state index in [9.17, 15) is 5.11 Å². The molecule has 1 fully saturated rings. The van der Waals surface area contributed by atoms with Gasteiger partial charge in [-0.25, -0.2) is 0 Å². The third kappa shape index (κ3) is 3.86. The van der Waals surface area contributed by atoms with Crippen molar-refractivity contribution in [3.8, 4) is 0 Å². The molecule has 0 radical (unpaired) electrons. The number of nitrogens with one attached hydrogen (secondary N) is 1. The number of aliphatic hydroxyl groups is 1. The molecule has 25 heavy (non-hydrogen) atoms. The Morgan fingerprint density at radius 1 is 1.08 bits per heavy atom. The van der Waals surface area contributed by atoms with E-state index in [0.717, 1.165) is 12.0 Å². The van der Waals surface area contributed by atoms with E-state index in [4.69, 9.17) is 0 Å². The van der Waals surface area contributed by atoms with Gasteiger partial charge in [0, 0.05) is 18.0 Å². The van der Waals surface area contributed by atoms with E-state index in [1.807, 2.05) is 19.1 Å². The summed E-state index contributed by atoms with van der Waals surface area (Å²) in [4.78, 5) is 0. The van der Waals surface area contributed by atoms with E-state index in [1.165, 1.54) is 11.1 Å². The van der Waals surface area contributed by atoms with E-state index in [0.29, 0.717) is 12.8 Å². The SMILES string of the molecule is C=C(C)C[C@@]1(O)C[C@@H](c2ccccc2)N[C@H](c2ccccc2)[C@@H]1CC. The highest BCUT2D eigenvalue weighted by Gasteiger charge is 2.47. The Hall–Kier alpha value is -1.90. The van der Waals surface area contributed by atoms with E-state index in [-0.39, 0.29) is 18.0 Å². The van der Waals surface area contributed by atoms with E-state index in [1.54, 1.807) is 0 Å². The molecule has 0 saturated carbocycles. The van der Waals surface area contributed by atoms with Gasteiger partial charge in [0.2, 0.25) is 0 Å². The first-order chi connectivity index (χ1) is 12.0. The van der Waals surface area contributed by atoms with Crippen molar-refractivity contribution in [2.24, 2.45) is 5.92 Å². The summed E-state index contributed by atoms with van der Waals surface area (Å²) in [6.45, 7) is 8.27. The largest absolute Gasteiger partial charge is 0.389 e. The second-order valence-electron chi connectivity index (χ2n) is 7.47. The van der Waals surface area contributed by atoms with Gasteiger partial charge in [0.25, 0.3) is 0 Å². The van der Waals surface area contributed by atoms with Gasteiger partial charge in [-0.2, -0.15) is 0 Å². The summed E-state index contributed by atoms with van der Waals surface area (Å²) in [6, 6.07) is 21.3. The molecule has 1 heterocycles. The third-order valence-electron chi connectivity index (χ3n) is 5.44. The molecule has 2 aromatic rings. The molecule has 0 unspecified atom stereocenters. The smallest absolute Gasteiger partial charge is 0.0748 e. The first-order valence-corrected chi connectivity index (χ1v) is 9.26. The van der Waals surface area contributed by atoms with Gasteiger partial charge in [0.15, 0.2) is 0 Å². The van der Waals surface area contributed by atoms with Gasteiger partial charge >= 0.3 is 0 Å². The van der Waals surface area contributed by atoms with Crippen LogP contribution in [0.2, 0.25) is 0 Å². The molecule has 0 amide bonds. The van der Waals surface area contributed by atoms with Crippen LogP contribution in [0.15, 0.2) is 72.8 Å². The van der Waals surface area contributed by atoms with Crippen molar-refractivity contribution < 1.29 is 5.11 Å². The van der Waals surface area contributed by atoms with Crippen LogP contribution in [0.4, 0.5) is 0 Å². The number of rotatable bonds is 5. The number of piperidine rings is 1. The minimum atomic E-state index is -0.743. The summed E-state index contributed by atoms with van der Waals surface area (Å²) in [5.74, 6) is 0.159. The predicted molar refractivity (Wildman–Crippen MR) is 104 cm³/mol. The van der Waals surface area contributed by atoms with Crippen LogP contribution in [0.5, 0.6) is 0 Å². The molecule has 2 heteroatoms. The van der Waals surface area contributed by atoms with Crippen LogP contribution in [0.25, 0.3) is 0 Å². The standard InChI is InChI=1S/C23H29NO/c1-4-20-22(19-13-9-6-10-14-19)24-21(18-11-7-5-8-12-18)16-23(20,25)15-17(2)3/h5-14,20-22,24-25H,2,4,15-16H2,1,3H3/t20-,21-,22+,23+/m0/s1. The lowest BCUT2D eigenvalue weighted by molar-refractivity contribution is -0.0759. The molecule has 1 aliphatic heterocycles. The van der Waals surface area contributed by atoms with Crippen LogP contribution in [-0.4, -0.2) is 10.7 Å². The van der Waals surface area contributed by atoms with Gasteiger partial charge in [-0.15, -0.1) is 6.58 Å². The fourth-order valence-corrected chi connectivity index (χ4v) is 4.44. The van der Waals surface area contributed by atoms with Crippen LogP contribution in [0.1, 0.15) is 56.3 Å². The van der Waals surface area contributed by atoms with Crippen molar-refractivity contribution in [3.63, 3.8) is 0 Å². The van der Waals surface area contributed by atoms with E-state index >= 15 is 0 Å². The Balaban J connectivity index is 2.01. The summed E-state index contributed by atoms with van der Waals surface area (Å²) in [5.41, 5.74) is 2.78. The number of hydrogen-bond acceptors (Lipinski definition) is 2. The van der Waals surface area contributed by atoms with Gasteiger partial charge < -0.3 is 10.4 Å². The molecule has 3 rings (SSSR count). The topological polar surface area (TPSA) is 32.3 Å². The molecule has 2 nitrogen and oxygen atoms in total. The second kappa shape index (κ2) is 7.55. The zero-order chi connectivity index (χ0) is 17.9. The van der Waals surface area contributed by atoms with Gasteiger partial charge in [0.05, 0.1) is 5.60 Å². The minimum absolute atomic E-state index is 0.134. The van der Waals surface area contributed by atoms with Crippen molar-refractivity contribution in [2.75, 3.05) is 0 Å². The summed E-state index contributed by atoms with van der Waals surface area (Å²) >= 11 is 0. The average molecular weight is 335 g/mol. The van der Waals surface area contributed by atoms with Crippen LogP contribution in [0, 0.1) is 5.92 Å². The van der Waals surface area contributed by atoms with Crippen molar-refractivity contribution >= 4 is 0 Å². The molecule has 2 N–H and O–H groups in total. The van der Waals surface area contributed by atoms with Crippen molar-refractivity contribution in [2.45, 2.75) is 50.8 Å². The lowest BCUT2D eigenvalue weighted by Gasteiger charge is -2.49. The maximum Gasteiger partial charge on any atom is 0.0748 e. The molecular weight excluding hydrogens is 306 g/mol. The molecular formula is C23H29NO. The Kier molecular flexibility index (Phi) is 5.41. The van der Waals surface area contributed by atoms with E-state index < -0.39 is 5.60 Å². The molecule has 0 bridgehead atoms. The Bertz CT molecular complexity index is 697. The predicted octanol–water partition coefficient (Wildman–Crippen LogP) is 5.19. The van der Waals surface area contributed by atoms with Crippen LogP contribution in [0.3, 0.4) is 0 Å². The summed E-state index contributed by atoms with van der Waals surface area (Å²) in [6.07, 6.45) is 2.30. The Labute approximate surface area is 151 Å². The quantitative estimate of drug-likeness (QED) is 0.737. The van der Waals surface area contributed by atoms with Crippen LogP contribution >= 0.6 is 0 Å². The Morgan fingerprint density at radius 2 is 1.64 bits per heavy atom. The van der Waals surface area contributed by atoms with Crippen LogP contribution in [-0.2, 0) is 0 Å². The molecule has 4 atom stereocenters. The van der Waals surface area contributed by atoms with Crippen molar-refractivity contribution in [1.29, 1.82) is 0 Å². The fourth-order valence-electron chi connectivity index (χ4n) is 4.44. The van der Waals surface area contributed by atoms with Gasteiger partial charge in [-0.1, -0.05) is 73.2 Å². The molecule has 2 aromatic carbocycles. The maximum atomic E-state index is 11.7. The highest BCUT2D eigenvalue weighted by molar-refractivity contribution is 5.27. The molecule has 0 aliphatic carbocycles. The number of benzene rings is 2. The molecule has 1 saturated heterocycles. The molecule has 0 spiro atoms. The second-order valence-corrected chi connectivity index (χ2v) is 7.47. The number of hydrogen-bond donors (Lipinski definition) is 2. The normalized spacial score (nSPS) is 29.3. The van der Waals surface area contributed by atoms with Gasteiger partial charge in [0.1, 0.15) is 0 Å². The first kappa shape index (κ1) is 17.9. The van der Waals surface area contributed by atoms with Gasteiger partial charge in [-0.05, 0) is 37.3 Å². The van der Waals surface area contributed by atoms with Crippen molar-refractivity contribution in [1.82, 2.24) is 5.32 Å². The average Bonchev–Trinajstić information content (AvgIpc) is 2.61. The lowest BCUT2D eigenvalue weighted by Crippen LogP contribution is -2.53. The Morgan fingerprint density at radius 3 is 2.16 bits per heavy atom. The summed E-state index contributed by atoms with van der Waals surface area (Å²) in [5, 5.41) is 15.5. The highest BCUT2D eigenvalue weighted by atomic mass is 16.3. The van der Waals surface area contributed by atoms with Crippen LogP contribution < -0.4 is 5.32 Å². The van der Waals surface area contributed by atoms with E-state index in [2.05, 4.69) is 67.4 Å². The van der Waals surface area contributed by atoms with Crippen molar-refractivity contribution in [3.05, 3.63) is 83.9 Å². The summed E-state index contributed by atoms with van der Waals surface area (Å²) < 4.78 is 0. The summed E-state index contributed by atoms with van der Waals surface area (Å²) in [7, 11) is 0. The highest BCUT2D eigenvalue weighted by Crippen LogP contribution is 2.47. The van der Waals surface area contributed by atoms with Gasteiger partial charge in [-0.3, -0.25) is 0 Å². The first-order valence-electron chi connectivity index (χ1n) is 9.26. The third-order valence-corrected chi connectivity index (χ3v) is 5.44. The maximum absolute atomic E-state index is 11.7. The molecule has 1 aliphatic rings. The zero-order valence-electron chi connectivity index (χ0n) is 15.3. The zero-order valence-corrected chi connectivity index (χ0v) is 15.3. The molecule has 132 valence electrons.